The minimum atomic E-state index is -0.620. The Morgan fingerprint density at radius 3 is 2.58 bits per heavy atom. The van der Waals surface area contributed by atoms with E-state index in [1.165, 1.54) is 7.11 Å². The van der Waals surface area contributed by atoms with Gasteiger partial charge in [0.25, 0.3) is 0 Å². The van der Waals surface area contributed by atoms with Gasteiger partial charge in [0.1, 0.15) is 11.9 Å². The van der Waals surface area contributed by atoms with Crippen molar-refractivity contribution in [3.8, 4) is 0 Å². The van der Waals surface area contributed by atoms with Crippen LogP contribution in [0.3, 0.4) is 0 Å². The molecule has 142 valence electrons. The van der Waals surface area contributed by atoms with Crippen molar-refractivity contribution in [1.82, 2.24) is 10.6 Å². The summed E-state index contributed by atoms with van der Waals surface area (Å²) in [7, 11) is 1.27. The lowest BCUT2D eigenvalue weighted by atomic mass is 10.2. The Labute approximate surface area is 157 Å². The van der Waals surface area contributed by atoms with Gasteiger partial charge in [-0.05, 0) is 30.7 Å². The van der Waals surface area contributed by atoms with Gasteiger partial charge >= 0.3 is 12.0 Å². The second-order valence-corrected chi connectivity index (χ2v) is 5.52. The highest BCUT2D eigenvalue weighted by atomic mass is 35.5. The molecule has 1 saturated heterocycles. The van der Waals surface area contributed by atoms with E-state index in [9.17, 15) is 14.4 Å². The SMILES string of the molecule is COC(=O)CCNC(=O)N[C@H]1CCN(c2ccc(C(=N)N)cc2)C1=O.Cl. The number of halogens is 1. The molecule has 9 nitrogen and oxygen atoms in total. The Hall–Kier alpha value is -2.81. The minimum absolute atomic E-state index is 0. The van der Waals surface area contributed by atoms with Crippen LogP contribution in [0.15, 0.2) is 24.3 Å². The van der Waals surface area contributed by atoms with Gasteiger partial charge in [-0.15, -0.1) is 12.4 Å². The molecule has 10 heteroatoms. The Morgan fingerprint density at radius 2 is 2.00 bits per heavy atom. The molecule has 1 atom stereocenters. The van der Waals surface area contributed by atoms with Crippen molar-refractivity contribution in [3.05, 3.63) is 29.8 Å². The molecule has 1 fully saturated rings. The van der Waals surface area contributed by atoms with Crippen molar-refractivity contribution in [2.75, 3.05) is 25.1 Å². The molecule has 0 unspecified atom stereocenters. The van der Waals surface area contributed by atoms with E-state index < -0.39 is 18.0 Å². The van der Waals surface area contributed by atoms with E-state index in [1.807, 2.05) is 0 Å². The van der Waals surface area contributed by atoms with Crippen LogP contribution in [0.4, 0.5) is 10.5 Å². The lowest BCUT2D eigenvalue weighted by Crippen LogP contribution is -2.46. The average molecular weight is 384 g/mol. The molecular weight excluding hydrogens is 362 g/mol. The van der Waals surface area contributed by atoms with Crippen molar-refractivity contribution in [1.29, 1.82) is 5.41 Å². The molecule has 3 amide bonds. The van der Waals surface area contributed by atoms with E-state index in [2.05, 4.69) is 15.4 Å². The molecule has 0 aromatic heterocycles. The van der Waals surface area contributed by atoms with E-state index in [0.29, 0.717) is 24.2 Å². The predicted molar refractivity (Wildman–Crippen MR) is 98.6 cm³/mol. The van der Waals surface area contributed by atoms with Crippen LogP contribution in [0.25, 0.3) is 0 Å². The summed E-state index contributed by atoms with van der Waals surface area (Å²) >= 11 is 0. The fourth-order valence-electron chi connectivity index (χ4n) is 2.48. The van der Waals surface area contributed by atoms with Crippen LogP contribution in [0, 0.1) is 5.41 Å². The molecule has 0 spiro atoms. The second kappa shape index (κ2) is 9.62. The van der Waals surface area contributed by atoms with Crippen molar-refractivity contribution in [2.45, 2.75) is 18.9 Å². The van der Waals surface area contributed by atoms with Crippen LogP contribution in [0.2, 0.25) is 0 Å². The summed E-state index contributed by atoms with van der Waals surface area (Å²) in [5.74, 6) is -0.668. The van der Waals surface area contributed by atoms with Gasteiger partial charge in [-0.2, -0.15) is 0 Å². The predicted octanol–water partition coefficient (Wildman–Crippen LogP) is 0.360. The molecule has 0 bridgehead atoms. The van der Waals surface area contributed by atoms with Gasteiger partial charge in [-0.25, -0.2) is 4.79 Å². The van der Waals surface area contributed by atoms with E-state index >= 15 is 0 Å². The lowest BCUT2D eigenvalue weighted by molar-refractivity contribution is -0.140. The molecule has 1 aliphatic heterocycles. The third-order valence-corrected chi connectivity index (χ3v) is 3.84. The number of esters is 1. The summed E-state index contributed by atoms with van der Waals surface area (Å²) in [6.45, 7) is 0.612. The Morgan fingerprint density at radius 1 is 1.35 bits per heavy atom. The lowest BCUT2D eigenvalue weighted by Gasteiger charge is -2.17. The molecule has 0 radical (unpaired) electrons. The zero-order valence-corrected chi connectivity index (χ0v) is 15.1. The fraction of sp³-hybridized carbons (Fsp3) is 0.375. The van der Waals surface area contributed by atoms with Crippen LogP contribution < -0.4 is 21.3 Å². The quantitative estimate of drug-likeness (QED) is 0.319. The van der Waals surface area contributed by atoms with E-state index in [4.69, 9.17) is 11.1 Å². The second-order valence-electron chi connectivity index (χ2n) is 5.52. The molecule has 5 N–H and O–H groups in total. The molecule has 1 heterocycles. The molecule has 0 aliphatic carbocycles. The summed E-state index contributed by atoms with van der Waals surface area (Å²) in [6.07, 6.45) is 0.550. The number of nitrogens with two attached hydrogens (primary N) is 1. The van der Waals surface area contributed by atoms with E-state index in [0.717, 1.165) is 0 Å². The van der Waals surface area contributed by atoms with Crippen molar-refractivity contribution in [3.63, 3.8) is 0 Å². The monoisotopic (exact) mass is 383 g/mol. The maximum atomic E-state index is 12.4. The van der Waals surface area contributed by atoms with Gasteiger partial charge in [-0.3, -0.25) is 15.0 Å². The number of amides is 3. The number of rotatable bonds is 6. The Bertz CT molecular complexity index is 680. The molecule has 0 saturated carbocycles. The number of hydrogen-bond acceptors (Lipinski definition) is 5. The first-order valence-electron chi connectivity index (χ1n) is 7.79. The van der Waals surface area contributed by atoms with Crippen LogP contribution in [-0.2, 0) is 14.3 Å². The highest BCUT2D eigenvalue weighted by molar-refractivity contribution is 6.02. The van der Waals surface area contributed by atoms with Gasteiger partial charge in [0.2, 0.25) is 5.91 Å². The number of benzene rings is 1. The summed E-state index contributed by atoms with van der Waals surface area (Å²) in [5.41, 5.74) is 6.67. The molecule has 1 aliphatic rings. The molecule has 1 aromatic carbocycles. The van der Waals surface area contributed by atoms with Gasteiger partial charge < -0.3 is 26.0 Å². The fourth-order valence-corrected chi connectivity index (χ4v) is 2.48. The maximum absolute atomic E-state index is 12.4. The normalized spacial score (nSPS) is 15.8. The molecule has 2 rings (SSSR count). The van der Waals surface area contributed by atoms with Crippen molar-refractivity contribution in [2.24, 2.45) is 5.73 Å². The largest absolute Gasteiger partial charge is 0.469 e. The summed E-state index contributed by atoms with van der Waals surface area (Å²) in [5, 5.41) is 12.5. The van der Waals surface area contributed by atoms with Crippen LogP contribution in [-0.4, -0.2) is 50.0 Å². The number of ether oxygens (including phenoxy) is 1. The summed E-state index contributed by atoms with van der Waals surface area (Å²) in [4.78, 5) is 36.8. The zero-order chi connectivity index (χ0) is 18.4. The maximum Gasteiger partial charge on any atom is 0.315 e. The number of nitrogen functional groups attached to an aromatic ring is 1. The summed E-state index contributed by atoms with van der Waals surface area (Å²) < 4.78 is 4.48. The van der Waals surface area contributed by atoms with Gasteiger partial charge in [0.05, 0.1) is 13.5 Å². The van der Waals surface area contributed by atoms with E-state index in [-0.39, 0.29) is 37.1 Å². The first-order valence-corrected chi connectivity index (χ1v) is 7.79. The minimum Gasteiger partial charge on any atom is -0.469 e. The number of nitrogens with one attached hydrogen (secondary N) is 3. The van der Waals surface area contributed by atoms with E-state index in [1.54, 1.807) is 29.2 Å². The Kier molecular flexibility index (Phi) is 7.85. The number of urea groups is 1. The number of carbonyl (C=O) groups is 3. The number of nitrogens with zero attached hydrogens (tertiary/aromatic N) is 1. The number of carbonyl (C=O) groups excluding carboxylic acids is 3. The number of methoxy groups -OCH3 is 1. The number of hydrogen-bond donors (Lipinski definition) is 4. The smallest absolute Gasteiger partial charge is 0.315 e. The number of amidine groups is 1. The summed E-state index contributed by atoms with van der Waals surface area (Å²) in [6, 6.07) is 5.65. The molecule has 1 aromatic rings. The van der Waals surface area contributed by atoms with Crippen LogP contribution >= 0.6 is 12.4 Å². The topological polar surface area (TPSA) is 138 Å². The standard InChI is InChI=1S/C16H21N5O4.ClH/c1-25-13(22)6-8-19-16(24)20-12-7-9-21(15(12)23)11-4-2-10(3-5-11)14(17)18;/h2-5,12H,6-9H2,1H3,(H3,17,18)(H2,19,20,24);1H/t12-;/m0./s1. The Balaban J connectivity index is 0.00000338. The van der Waals surface area contributed by atoms with Gasteiger partial charge in [-0.1, -0.05) is 0 Å². The molecule has 26 heavy (non-hydrogen) atoms. The van der Waals surface area contributed by atoms with Crippen LogP contribution in [0.1, 0.15) is 18.4 Å². The van der Waals surface area contributed by atoms with Crippen LogP contribution in [0.5, 0.6) is 0 Å². The molecular formula is C16H22ClN5O4. The highest BCUT2D eigenvalue weighted by Gasteiger charge is 2.33. The highest BCUT2D eigenvalue weighted by Crippen LogP contribution is 2.22. The van der Waals surface area contributed by atoms with Gasteiger partial charge in [0, 0.05) is 24.3 Å². The zero-order valence-electron chi connectivity index (χ0n) is 14.3. The first-order chi connectivity index (χ1) is 11.9. The van der Waals surface area contributed by atoms with Crippen molar-refractivity contribution >= 4 is 41.8 Å². The third-order valence-electron chi connectivity index (χ3n) is 3.84. The number of anilines is 1. The first kappa shape index (κ1) is 21.2. The third kappa shape index (κ3) is 5.35. The average Bonchev–Trinajstić information content (AvgIpc) is 2.95. The van der Waals surface area contributed by atoms with Crippen molar-refractivity contribution < 1.29 is 19.1 Å². The van der Waals surface area contributed by atoms with Gasteiger partial charge in [0.15, 0.2) is 0 Å².